The minimum atomic E-state index is -0.427. The fraction of sp³-hybridized carbons (Fsp3) is 0.583. The molecule has 0 rings (SSSR count). The zero-order chi connectivity index (χ0) is 11.0. The Morgan fingerprint density at radius 3 is 2.57 bits per heavy atom. The van der Waals surface area contributed by atoms with Crippen molar-refractivity contribution < 1.29 is 9.53 Å². The van der Waals surface area contributed by atoms with Gasteiger partial charge in [0.2, 0.25) is 0 Å². The van der Waals surface area contributed by atoms with Crippen LogP contribution in [0, 0.1) is 11.8 Å². The van der Waals surface area contributed by atoms with Crippen molar-refractivity contribution in [2.75, 3.05) is 6.61 Å². The number of hydrogen-bond donors (Lipinski definition) is 0. The van der Waals surface area contributed by atoms with E-state index >= 15 is 0 Å². The third-order valence-electron chi connectivity index (χ3n) is 1.71. The molecule has 0 fully saturated rings. The molecular weight excluding hydrogens is 176 g/mol. The molecule has 1 unspecified atom stereocenters. The van der Waals surface area contributed by atoms with Gasteiger partial charge in [0.05, 0.1) is 0 Å². The maximum Gasteiger partial charge on any atom is 0.158 e. The highest BCUT2D eigenvalue weighted by molar-refractivity contribution is 5.94. The first-order chi connectivity index (χ1) is 6.63. The minimum absolute atomic E-state index is 0.0609. The smallest absolute Gasteiger partial charge is 0.158 e. The van der Waals surface area contributed by atoms with Crippen molar-refractivity contribution in [2.45, 2.75) is 39.7 Å². The molecule has 14 heavy (non-hydrogen) atoms. The van der Waals surface area contributed by atoms with Gasteiger partial charge in [-0.15, -0.1) is 5.92 Å². The molecular formula is C12H18O2. The zero-order valence-electron chi connectivity index (χ0n) is 9.22. The molecule has 0 aliphatic rings. The first-order valence-electron chi connectivity index (χ1n) is 4.93. The van der Waals surface area contributed by atoms with Crippen molar-refractivity contribution in [3.8, 4) is 11.8 Å². The molecule has 0 aromatic rings. The van der Waals surface area contributed by atoms with E-state index in [4.69, 9.17) is 4.74 Å². The number of carbonyl (C=O) groups is 1. The van der Waals surface area contributed by atoms with Gasteiger partial charge in [-0.3, -0.25) is 4.79 Å². The SMILES string of the molecule is C=C(C(C)=O)C(C#CCCC)OCC. The van der Waals surface area contributed by atoms with Gasteiger partial charge in [0.25, 0.3) is 0 Å². The van der Waals surface area contributed by atoms with Crippen molar-refractivity contribution >= 4 is 5.78 Å². The standard InChI is InChI=1S/C12H18O2/c1-5-7-8-9-12(14-6-2)10(3)11(4)13/h12H,3,5-7H2,1-2,4H3. The van der Waals surface area contributed by atoms with Crippen LogP contribution in [-0.4, -0.2) is 18.5 Å². The second kappa shape index (κ2) is 7.34. The van der Waals surface area contributed by atoms with Gasteiger partial charge in [-0.25, -0.2) is 0 Å². The van der Waals surface area contributed by atoms with Crippen LogP contribution in [0.5, 0.6) is 0 Å². The average Bonchev–Trinajstić information content (AvgIpc) is 2.15. The first kappa shape index (κ1) is 12.9. The Bertz CT molecular complexity index is 255. The van der Waals surface area contributed by atoms with E-state index in [0.29, 0.717) is 12.2 Å². The number of carbonyl (C=O) groups excluding carboxylic acids is 1. The maximum atomic E-state index is 11.0. The molecule has 0 radical (unpaired) electrons. The number of ketones is 1. The van der Waals surface area contributed by atoms with Gasteiger partial charge >= 0.3 is 0 Å². The molecule has 0 aliphatic heterocycles. The second-order valence-electron chi connectivity index (χ2n) is 2.99. The molecule has 0 saturated heterocycles. The van der Waals surface area contributed by atoms with E-state index in [-0.39, 0.29) is 5.78 Å². The number of unbranched alkanes of at least 4 members (excludes halogenated alkanes) is 1. The van der Waals surface area contributed by atoms with Crippen LogP contribution in [0.1, 0.15) is 33.6 Å². The number of ether oxygens (including phenoxy) is 1. The molecule has 0 amide bonds. The monoisotopic (exact) mass is 194 g/mol. The van der Waals surface area contributed by atoms with Crippen LogP contribution in [0.4, 0.5) is 0 Å². The highest BCUT2D eigenvalue weighted by atomic mass is 16.5. The van der Waals surface area contributed by atoms with Crippen molar-refractivity contribution in [3.63, 3.8) is 0 Å². The summed E-state index contributed by atoms with van der Waals surface area (Å²) in [5.41, 5.74) is 0.440. The molecule has 78 valence electrons. The molecule has 0 spiro atoms. The van der Waals surface area contributed by atoms with E-state index in [0.717, 1.165) is 12.8 Å². The summed E-state index contributed by atoms with van der Waals surface area (Å²) in [5.74, 6) is 5.82. The lowest BCUT2D eigenvalue weighted by Crippen LogP contribution is -2.17. The number of rotatable bonds is 5. The minimum Gasteiger partial charge on any atom is -0.361 e. The Hall–Kier alpha value is -1.07. The predicted molar refractivity (Wildman–Crippen MR) is 57.9 cm³/mol. The first-order valence-corrected chi connectivity index (χ1v) is 4.93. The van der Waals surface area contributed by atoms with Gasteiger partial charge in [0, 0.05) is 18.6 Å². The van der Waals surface area contributed by atoms with Crippen molar-refractivity contribution in [1.29, 1.82) is 0 Å². The Morgan fingerprint density at radius 1 is 1.50 bits per heavy atom. The van der Waals surface area contributed by atoms with E-state index < -0.39 is 6.10 Å². The van der Waals surface area contributed by atoms with Crippen LogP contribution in [0.3, 0.4) is 0 Å². The summed E-state index contributed by atoms with van der Waals surface area (Å²) in [4.78, 5) is 11.0. The zero-order valence-corrected chi connectivity index (χ0v) is 9.22. The Balaban J connectivity index is 4.38. The fourth-order valence-corrected chi connectivity index (χ4v) is 0.871. The number of Topliss-reactive ketones (excluding diaryl/α,β-unsaturated/α-hetero) is 1. The van der Waals surface area contributed by atoms with E-state index in [1.165, 1.54) is 6.92 Å². The van der Waals surface area contributed by atoms with Crippen LogP contribution < -0.4 is 0 Å². The van der Waals surface area contributed by atoms with E-state index in [2.05, 4.69) is 25.3 Å². The van der Waals surface area contributed by atoms with Crippen molar-refractivity contribution in [3.05, 3.63) is 12.2 Å². The van der Waals surface area contributed by atoms with Crippen LogP contribution in [-0.2, 0) is 9.53 Å². The van der Waals surface area contributed by atoms with Gasteiger partial charge < -0.3 is 4.74 Å². The third kappa shape index (κ3) is 4.84. The van der Waals surface area contributed by atoms with Gasteiger partial charge in [-0.1, -0.05) is 19.4 Å². The Morgan fingerprint density at radius 2 is 2.14 bits per heavy atom. The molecule has 2 heteroatoms. The molecule has 0 aromatic carbocycles. The Kier molecular flexibility index (Phi) is 6.78. The molecule has 0 N–H and O–H groups in total. The Labute approximate surface area is 86.3 Å². The molecule has 2 nitrogen and oxygen atoms in total. The van der Waals surface area contributed by atoms with Crippen LogP contribution in [0.25, 0.3) is 0 Å². The van der Waals surface area contributed by atoms with E-state index in [9.17, 15) is 4.79 Å². The summed E-state index contributed by atoms with van der Waals surface area (Å²) >= 11 is 0. The normalized spacial score (nSPS) is 11.4. The van der Waals surface area contributed by atoms with Gasteiger partial charge in [0.15, 0.2) is 5.78 Å². The lowest BCUT2D eigenvalue weighted by Gasteiger charge is -2.10. The second-order valence-corrected chi connectivity index (χ2v) is 2.99. The summed E-state index contributed by atoms with van der Waals surface area (Å²) in [7, 11) is 0. The predicted octanol–water partition coefficient (Wildman–Crippen LogP) is 2.34. The molecule has 0 heterocycles. The van der Waals surface area contributed by atoms with E-state index in [1.54, 1.807) is 0 Å². The summed E-state index contributed by atoms with van der Waals surface area (Å²) in [6.45, 7) is 9.63. The van der Waals surface area contributed by atoms with Crippen LogP contribution in [0.2, 0.25) is 0 Å². The largest absolute Gasteiger partial charge is 0.361 e. The highest BCUT2D eigenvalue weighted by Crippen LogP contribution is 2.05. The lowest BCUT2D eigenvalue weighted by molar-refractivity contribution is -0.114. The van der Waals surface area contributed by atoms with Gasteiger partial charge in [0.1, 0.15) is 6.10 Å². The number of hydrogen-bond acceptors (Lipinski definition) is 2. The molecule has 0 saturated carbocycles. The quantitative estimate of drug-likeness (QED) is 0.496. The fourth-order valence-electron chi connectivity index (χ4n) is 0.871. The van der Waals surface area contributed by atoms with Gasteiger partial charge in [-0.05, 0) is 20.3 Å². The lowest BCUT2D eigenvalue weighted by atomic mass is 10.1. The van der Waals surface area contributed by atoms with Crippen molar-refractivity contribution in [1.82, 2.24) is 0 Å². The maximum absolute atomic E-state index is 11.0. The topological polar surface area (TPSA) is 26.3 Å². The van der Waals surface area contributed by atoms with Crippen molar-refractivity contribution in [2.24, 2.45) is 0 Å². The summed E-state index contributed by atoms with van der Waals surface area (Å²) in [5, 5.41) is 0. The molecule has 0 bridgehead atoms. The van der Waals surface area contributed by atoms with Gasteiger partial charge in [-0.2, -0.15) is 0 Å². The summed E-state index contributed by atoms with van der Waals surface area (Å²) in [6, 6.07) is 0. The van der Waals surface area contributed by atoms with E-state index in [1.807, 2.05) is 6.92 Å². The van der Waals surface area contributed by atoms with Crippen LogP contribution >= 0.6 is 0 Å². The molecule has 0 aromatic heterocycles. The molecule has 0 aliphatic carbocycles. The van der Waals surface area contributed by atoms with Crippen LogP contribution in [0.15, 0.2) is 12.2 Å². The summed E-state index contributed by atoms with van der Waals surface area (Å²) < 4.78 is 5.32. The summed E-state index contributed by atoms with van der Waals surface area (Å²) in [6.07, 6.45) is 1.41. The highest BCUT2D eigenvalue weighted by Gasteiger charge is 2.12. The third-order valence-corrected chi connectivity index (χ3v) is 1.71. The average molecular weight is 194 g/mol. The molecule has 1 atom stereocenters.